The molecule has 20 heavy (non-hydrogen) atoms. The predicted octanol–water partition coefficient (Wildman–Crippen LogP) is 2.94. The molecule has 0 bridgehead atoms. The first kappa shape index (κ1) is 15.0. The van der Waals surface area contributed by atoms with Gasteiger partial charge in [-0.2, -0.15) is 0 Å². The maximum Gasteiger partial charge on any atom is 0.240 e. The van der Waals surface area contributed by atoms with Gasteiger partial charge in [-0.3, -0.25) is 0 Å². The van der Waals surface area contributed by atoms with E-state index >= 15 is 0 Å². The van der Waals surface area contributed by atoms with Gasteiger partial charge in [0.1, 0.15) is 5.75 Å². The third kappa shape index (κ3) is 3.59. The number of phenols is 1. The zero-order chi connectivity index (χ0) is 14.8. The van der Waals surface area contributed by atoms with Crippen LogP contribution < -0.4 is 4.72 Å². The number of phenolic OH excluding ortho intramolecular Hbond substituents is 1. The Morgan fingerprint density at radius 1 is 1.15 bits per heavy atom. The van der Waals surface area contributed by atoms with Gasteiger partial charge in [0.05, 0.1) is 4.90 Å². The lowest BCUT2D eigenvalue weighted by Gasteiger charge is -2.08. The first-order chi connectivity index (χ1) is 9.38. The van der Waals surface area contributed by atoms with Gasteiger partial charge in [0.2, 0.25) is 10.0 Å². The molecule has 0 aliphatic heterocycles. The summed E-state index contributed by atoms with van der Waals surface area (Å²) in [5.41, 5.74) is 1.64. The second kappa shape index (κ2) is 5.95. The Morgan fingerprint density at radius 3 is 2.40 bits per heavy atom. The summed E-state index contributed by atoms with van der Waals surface area (Å²) in [4.78, 5) is 0.233. The molecule has 0 heterocycles. The Hall–Kier alpha value is -1.37. The molecule has 0 aliphatic rings. The smallest absolute Gasteiger partial charge is 0.240 e. The zero-order valence-electron chi connectivity index (χ0n) is 10.8. The van der Waals surface area contributed by atoms with Gasteiger partial charge in [0.15, 0.2) is 0 Å². The molecule has 0 fully saturated rings. The molecule has 0 saturated carbocycles. The van der Waals surface area contributed by atoms with Gasteiger partial charge < -0.3 is 5.11 Å². The average molecular weight is 356 g/mol. The number of aromatic hydroxyl groups is 1. The highest BCUT2D eigenvalue weighted by Gasteiger charge is 2.14. The van der Waals surface area contributed by atoms with Gasteiger partial charge in [-0.15, -0.1) is 0 Å². The van der Waals surface area contributed by atoms with Gasteiger partial charge in [0.25, 0.3) is 0 Å². The van der Waals surface area contributed by atoms with Crippen LogP contribution in [0.4, 0.5) is 0 Å². The van der Waals surface area contributed by atoms with Crippen LogP contribution in [0, 0.1) is 6.92 Å². The number of benzene rings is 2. The Bertz CT molecular complexity index is 712. The first-order valence-electron chi connectivity index (χ1n) is 5.92. The molecule has 0 spiro atoms. The molecule has 0 radical (unpaired) electrons. The summed E-state index contributed by atoms with van der Waals surface area (Å²) < 4.78 is 27.7. The Balaban J connectivity index is 2.14. The normalized spacial score (nSPS) is 11.5. The van der Waals surface area contributed by atoms with Gasteiger partial charge in [-0.25, -0.2) is 13.1 Å². The number of aryl methyl sites for hydroxylation is 1. The molecule has 0 saturated heterocycles. The predicted molar refractivity (Wildman–Crippen MR) is 81.0 cm³/mol. The SMILES string of the molecule is Cc1cc(S(=O)(=O)NCc2ccc(O)cc2)ccc1Br. The van der Waals surface area contributed by atoms with Crippen molar-refractivity contribution >= 4 is 26.0 Å². The molecular weight excluding hydrogens is 342 g/mol. The van der Waals surface area contributed by atoms with Crippen molar-refractivity contribution in [3.63, 3.8) is 0 Å². The largest absolute Gasteiger partial charge is 0.508 e. The summed E-state index contributed by atoms with van der Waals surface area (Å²) in [5.74, 6) is 0.153. The van der Waals surface area contributed by atoms with Crippen molar-refractivity contribution in [3.8, 4) is 5.75 Å². The van der Waals surface area contributed by atoms with E-state index in [1.165, 1.54) is 12.1 Å². The third-order valence-corrected chi connectivity index (χ3v) is 5.13. The molecule has 106 valence electrons. The summed E-state index contributed by atoms with van der Waals surface area (Å²) in [6.45, 7) is 2.01. The van der Waals surface area contributed by atoms with Crippen molar-refractivity contribution in [1.82, 2.24) is 4.72 Å². The number of nitrogens with one attached hydrogen (secondary N) is 1. The van der Waals surface area contributed by atoms with E-state index < -0.39 is 10.0 Å². The third-order valence-electron chi connectivity index (χ3n) is 2.84. The number of hydrogen-bond donors (Lipinski definition) is 2. The summed E-state index contributed by atoms with van der Waals surface area (Å²) in [5, 5.41) is 9.18. The number of rotatable bonds is 4. The van der Waals surface area contributed by atoms with Crippen LogP contribution in [0.2, 0.25) is 0 Å². The van der Waals surface area contributed by atoms with Crippen LogP contribution in [0.15, 0.2) is 51.8 Å². The molecule has 0 atom stereocenters. The van der Waals surface area contributed by atoms with E-state index in [1.54, 1.807) is 30.3 Å². The molecule has 2 N–H and O–H groups in total. The Morgan fingerprint density at radius 2 is 1.80 bits per heavy atom. The zero-order valence-corrected chi connectivity index (χ0v) is 13.2. The molecule has 2 rings (SSSR count). The Kier molecular flexibility index (Phi) is 4.47. The monoisotopic (exact) mass is 355 g/mol. The summed E-state index contributed by atoms with van der Waals surface area (Å²) in [6.07, 6.45) is 0. The minimum Gasteiger partial charge on any atom is -0.508 e. The molecule has 0 amide bonds. The van der Waals surface area contributed by atoms with Crippen LogP contribution in [0.3, 0.4) is 0 Å². The lowest BCUT2D eigenvalue weighted by Crippen LogP contribution is -2.23. The van der Waals surface area contributed by atoms with E-state index in [2.05, 4.69) is 20.7 Å². The summed E-state index contributed by atoms with van der Waals surface area (Å²) in [7, 11) is -3.54. The van der Waals surface area contributed by atoms with Gasteiger partial charge in [0, 0.05) is 11.0 Å². The van der Waals surface area contributed by atoms with Crippen molar-refractivity contribution in [2.45, 2.75) is 18.4 Å². The molecule has 0 unspecified atom stereocenters. The van der Waals surface area contributed by atoms with E-state index in [-0.39, 0.29) is 17.2 Å². The highest BCUT2D eigenvalue weighted by Crippen LogP contribution is 2.20. The van der Waals surface area contributed by atoms with Crippen LogP contribution in [0.25, 0.3) is 0 Å². The average Bonchev–Trinajstić information content (AvgIpc) is 2.41. The molecule has 4 nitrogen and oxygen atoms in total. The van der Waals surface area contributed by atoms with E-state index in [0.717, 1.165) is 15.6 Å². The minimum absolute atomic E-state index is 0.153. The highest BCUT2D eigenvalue weighted by atomic mass is 79.9. The van der Waals surface area contributed by atoms with E-state index in [4.69, 9.17) is 0 Å². The quantitative estimate of drug-likeness (QED) is 0.885. The summed E-state index contributed by atoms with van der Waals surface area (Å²) >= 11 is 3.34. The fraction of sp³-hybridized carbons (Fsp3) is 0.143. The maximum absolute atomic E-state index is 12.2. The lowest BCUT2D eigenvalue weighted by atomic mass is 10.2. The van der Waals surface area contributed by atoms with Gasteiger partial charge in [-0.05, 0) is 48.4 Å². The van der Waals surface area contributed by atoms with Crippen molar-refractivity contribution in [2.24, 2.45) is 0 Å². The van der Waals surface area contributed by atoms with Gasteiger partial charge in [-0.1, -0.05) is 28.1 Å². The van der Waals surface area contributed by atoms with Crippen LogP contribution in [0.5, 0.6) is 5.75 Å². The van der Waals surface area contributed by atoms with Crippen molar-refractivity contribution in [3.05, 3.63) is 58.1 Å². The molecule has 6 heteroatoms. The highest BCUT2D eigenvalue weighted by molar-refractivity contribution is 9.10. The topological polar surface area (TPSA) is 66.4 Å². The molecule has 0 aliphatic carbocycles. The second-order valence-corrected chi connectivity index (χ2v) is 7.02. The fourth-order valence-electron chi connectivity index (χ4n) is 1.66. The standard InChI is InChI=1S/C14H14BrNO3S/c1-10-8-13(6-7-14(10)15)20(18,19)16-9-11-2-4-12(17)5-3-11/h2-8,16-17H,9H2,1H3. The number of sulfonamides is 1. The first-order valence-corrected chi connectivity index (χ1v) is 8.20. The van der Waals surface area contributed by atoms with E-state index in [9.17, 15) is 13.5 Å². The van der Waals surface area contributed by atoms with Crippen LogP contribution in [-0.2, 0) is 16.6 Å². The molecule has 0 aromatic heterocycles. The van der Waals surface area contributed by atoms with E-state index in [1.807, 2.05) is 6.92 Å². The van der Waals surface area contributed by atoms with Crippen molar-refractivity contribution in [1.29, 1.82) is 0 Å². The van der Waals surface area contributed by atoms with Crippen LogP contribution >= 0.6 is 15.9 Å². The summed E-state index contributed by atoms with van der Waals surface area (Å²) in [6, 6.07) is 11.3. The van der Waals surface area contributed by atoms with Crippen molar-refractivity contribution < 1.29 is 13.5 Å². The Labute approximate surface area is 126 Å². The lowest BCUT2D eigenvalue weighted by molar-refractivity contribution is 0.475. The number of halogens is 1. The van der Waals surface area contributed by atoms with Crippen LogP contribution in [-0.4, -0.2) is 13.5 Å². The maximum atomic E-state index is 12.2. The minimum atomic E-state index is -3.54. The molecular formula is C14H14BrNO3S. The van der Waals surface area contributed by atoms with E-state index in [0.29, 0.717) is 0 Å². The van der Waals surface area contributed by atoms with Gasteiger partial charge >= 0.3 is 0 Å². The number of hydrogen-bond acceptors (Lipinski definition) is 3. The van der Waals surface area contributed by atoms with Crippen LogP contribution in [0.1, 0.15) is 11.1 Å². The fourth-order valence-corrected chi connectivity index (χ4v) is 3.01. The molecule has 2 aromatic carbocycles. The van der Waals surface area contributed by atoms with Crippen molar-refractivity contribution in [2.75, 3.05) is 0 Å². The molecule has 2 aromatic rings. The second-order valence-electron chi connectivity index (χ2n) is 4.40.